The maximum Gasteiger partial charge on any atom is 0.416 e. The Morgan fingerprint density at radius 3 is 2.33 bits per heavy atom. The molecule has 0 aliphatic rings. The minimum Gasteiger partial charge on any atom is -0.465 e. The molecule has 1 heterocycles. The van der Waals surface area contributed by atoms with E-state index in [0.29, 0.717) is 11.3 Å². The first-order valence-electron chi connectivity index (χ1n) is 7.19. The molecule has 0 saturated carbocycles. The number of nitrogens with zero attached hydrogens (tertiary/aromatic N) is 1. The first kappa shape index (κ1) is 16.1. The molecule has 0 N–H and O–H groups in total. The van der Waals surface area contributed by atoms with Gasteiger partial charge in [0.25, 0.3) is 0 Å². The van der Waals surface area contributed by atoms with E-state index in [1.807, 2.05) is 13.1 Å². The first-order valence-corrected chi connectivity index (χ1v) is 7.19. The van der Waals surface area contributed by atoms with Gasteiger partial charge in [0.1, 0.15) is 0 Å². The normalized spacial score (nSPS) is 11.7. The molecule has 0 bridgehead atoms. The monoisotopic (exact) mass is 333 g/mol. The largest absolute Gasteiger partial charge is 0.465 e. The average Bonchev–Trinajstić information content (AvgIpc) is 2.90. The molecular formula is C18H14F3NO2. The molecule has 6 heteroatoms. The van der Waals surface area contributed by atoms with E-state index in [2.05, 4.69) is 0 Å². The Labute approximate surface area is 136 Å². The Kier molecular flexibility index (Phi) is 3.83. The summed E-state index contributed by atoms with van der Waals surface area (Å²) in [6.45, 7) is 1.88. The van der Waals surface area contributed by atoms with Crippen LogP contribution in [0.2, 0.25) is 0 Å². The highest BCUT2D eigenvalue weighted by atomic mass is 19.4. The number of hydrogen-bond donors (Lipinski definition) is 0. The number of carbonyl (C=O) groups is 1. The Hall–Kier alpha value is -2.76. The molecule has 0 fully saturated rings. The van der Waals surface area contributed by atoms with Crippen LogP contribution in [-0.2, 0) is 10.9 Å². The highest BCUT2D eigenvalue weighted by Crippen LogP contribution is 2.31. The van der Waals surface area contributed by atoms with Gasteiger partial charge in [0.05, 0.1) is 23.8 Å². The van der Waals surface area contributed by atoms with Crippen LogP contribution in [-0.4, -0.2) is 17.6 Å². The Bertz CT molecular complexity index is 908. The zero-order valence-corrected chi connectivity index (χ0v) is 13.0. The number of benzene rings is 2. The van der Waals surface area contributed by atoms with Crippen molar-refractivity contribution in [3.05, 3.63) is 65.4 Å². The molecule has 0 aliphatic carbocycles. The Balaban J connectivity index is 2.09. The van der Waals surface area contributed by atoms with Gasteiger partial charge in [-0.1, -0.05) is 0 Å². The fourth-order valence-electron chi connectivity index (χ4n) is 2.66. The standard InChI is InChI=1S/C18H14F3NO2/c1-11-10-22(14-6-4-13(5-7-14)18(19,20)21)16-8-3-12(9-15(11)16)17(23)24-2/h3-10H,1-2H3. The number of fused-ring (bicyclic) bond motifs is 1. The quantitative estimate of drug-likeness (QED) is 0.634. The summed E-state index contributed by atoms with van der Waals surface area (Å²) in [5.41, 5.74) is 2.08. The summed E-state index contributed by atoms with van der Waals surface area (Å²) in [5.74, 6) is -0.432. The van der Waals surface area contributed by atoms with Crippen LogP contribution in [0.5, 0.6) is 0 Å². The molecule has 1 aromatic heterocycles. The van der Waals surface area contributed by atoms with Crippen molar-refractivity contribution in [2.24, 2.45) is 0 Å². The highest BCUT2D eigenvalue weighted by Gasteiger charge is 2.30. The van der Waals surface area contributed by atoms with Crippen molar-refractivity contribution in [1.82, 2.24) is 4.57 Å². The van der Waals surface area contributed by atoms with Gasteiger partial charge in [-0.25, -0.2) is 4.79 Å². The lowest BCUT2D eigenvalue weighted by Crippen LogP contribution is -2.05. The molecule has 124 valence electrons. The summed E-state index contributed by atoms with van der Waals surface area (Å²) in [6, 6.07) is 10.1. The molecule has 2 aromatic carbocycles. The second-order valence-corrected chi connectivity index (χ2v) is 5.45. The van der Waals surface area contributed by atoms with Crippen LogP contribution in [0.15, 0.2) is 48.7 Å². The predicted octanol–water partition coefficient (Wildman–Crippen LogP) is 4.74. The number of esters is 1. The third kappa shape index (κ3) is 2.75. The molecule has 0 amide bonds. The molecule has 0 radical (unpaired) electrons. The van der Waals surface area contributed by atoms with Crippen LogP contribution in [0.1, 0.15) is 21.5 Å². The van der Waals surface area contributed by atoms with Gasteiger partial charge in [-0.3, -0.25) is 0 Å². The molecule has 3 rings (SSSR count). The molecular weight excluding hydrogens is 319 g/mol. The van der Waals surface area contributed by atoms with Gasteiger partial charge >= 0.3 is 12.1 Å². The number of alkyl halides is 3. The highest BCUT2D eigenvalue weighted by molar-refractivity contribution is 5.96. The summed E-state index contributed by atoms with van der Waals surface area (Å²) in [4.78, 5) is 11.6. The summed E-state index contributed by atoms with van der Waals surface area (Å²) < 4.78 is 44.6. The second kappa shape index (κ2) is 5.70. The first-order chi connectivity index (χ1) is 11.3. The second-order valence-electron chi connectivity index (χ2n) is 5.45. The lowest BCUT2D eigenvalue weighted by Gasteiger charge is -2.09. The number of hydrogen-bond acceptors (Lipinski definition) is 2. The fourth-order valence-corrected chi connectivity index (χ4v) is 2.66. The van der Waals surface area contributed by atoms with E-state index in [0.717, 1.165) is 28.6 Å². The minimum absolute atomic E-state index is 0.429. The van der Waals surface area contributed by atoms with Gasteiger partial charge in [-0.2, -0.15) is 13.2 Å². The van der Waals surface area contributed by atoms with Gasteiger partial charge in [0, 0.05) is 17.3 Å². The van der Waals surface area contributed by atoms with E-state index in [1.165, 1.54) is 19.2 Å². The molecule has 0 spiro atoms. The van der Waals surface area contributed by atoms with E-state index >= 15 is 0 Å². The number of ether oxygens (including phenoxy) is 1. The van der Waals surface area contributed by atoms with Gasteiger partial charge < -0.3 is 9.30 Å². The molecule has 0 atom stereocenters. The number of carbonyl (C=O) groups excluding carboxylic acids is 1. The SMILES string of the molecule is COC(=O)c1ccc2c(c1)c(C)cn2-c1ccc(C(F)(F)F)cc1. The van der Waals surface area contributed by atoms with Crippen molar-refractivity contribution >= 4 is 16.9 Å². The van der Waals surface area contributed by atoms with Gasteiger partial charge in [-0.15, -0.1) is 0 Å². The van der Waals surface area contributed by atoms with E-state index in [4.69, 9.17) is 4.74 Å². The minimum atomic E-state index is -4.36. The van der Waals surface area contributed by atoms with Gasteiger partial charge in [-0.05, 0) is 55.0 Å². The summed E-state index contributed by atoms with van der Waals surface area (Å²) in [6.07, 6.45) is -2.53. The lowest BCUT2D eigenvalue weighted by molar-refractivity contribution is -0.137. The predicted molar refractivity (Wildman–Crippen MR) is 84.4 cm³/mol. The molecule has 3 nitrogen and oxygen atoms in total. The number of aromatic nitrogens is 1. The molecule has 24 heavy (non-hydrogen) atoms. The zero-order valence-electron chi connectivity index (χ0n) is 13.0. The summed E-state index contributed by atoms with van der Waals surface area (Å²) in [5, 5.41) is 0.845. The molecule has 0 aliphatic heterocycles. The van der Waals surface area contributed by atoms with E-state index in [-0.39, 0.29) is 0 Å². The zero-order chi connectivity index (χ0) is 17.5. The van der Waals surface area contributed by atoms with Crippen molar-refractivity contribution in [1.29, 1.82) is 0 Å². The third-order valence-electron chi connectivity index (χ3n) is 3.90. The van der Waals surface area contributed by atoms with Crippen molar-refractivity contribution in [3.63, 3.8) is 0 Å². The van der Waals surface area contributed by atoms with E-state index in [9.17, 15) is 18.0 Å². The Morgan fingerprint density at radius 1 is 1.08 bits per heavy atom. The van der Waals surface area contributed by atoms with Crippen LogP contribution in [0, 0.1) is 6.92 Å². The van der Waals surface area contributed by atoms with Crippen molar-refractivity contribution in [2.75, 3.05) is 7.11 Å². The van der Waals surface area contributed by atoms with Crippen LogP contribution >= 0.6 is 0 Å². The van der Waals surface area contributed by atoms with Crippen LogP contribution in [0.4, 0.5) is 13.2 Å². The number of rotatable bonds is 2. The third-order valence-corrected chi connectivity index (χ3v) is 3.90. The van der Waals surface area contributed by atoms with Crippen LogP contribution < -0.4 is 0 Å². The molecule has 3 aromatic rings. The number of aryl methyl sites for hydroxylation is 1. The smallest absolute Gasteiger partial charge is 0.416 e. The van der Waals surface area contributed by atoms with E-state index < -0.39 is 17.7 Å². The van der Waals surface area contributed by atoms with Gasteiger partial charge in [0.2, 0.25) is 0 Å². The van der Waals surface area contributed by atoms with E-state index in [1.54, 1.807) is 22.8 Å². The van der Waals surface area contributed by atoms with Gasteiger partial charge in [0.15, 0.2) is 0 Å². The topological polar surface area (TPSA) is 31.2 Å². The average molecular weight is 333 g/mol. The van der Waals surface area contributed by atoms with Crippen molar-refractivity contribution in [3.8, 4) is 5.69 Å². The number of methoxy groups -OCH3 is 1. The summed E-state index contributed by atoms with van der Waals surface area (Å²) >= 11 is 0. The Morgan fingerprint density at radius 2 is 1.75 bits per heavy atom. The van der Waals surface area contributed by atoms with Crippen molar-refractivity contribution in [2.45, 2.75) is 13.1 Å². The maximum atomic E-state index is 12.7. The molecule has 0 saturated heterocycles. The fraction of sp³-hybridized carbons (Fsp3) is 0.167. The molecule has 0 unspecified atom stereocenters. The lowest BCUT2D eigenvalue weighted by atomic mass is 10.1. The maximum absolute atomic E-state index is 12.7. The van der Waals surface area contributed by atoms with Crippen LogP contribution in [0.25, 0.3) is 16.6 Å². The number of halogens is 3. The van der Waals surface area contributed by atoms with Crippen molar-refractivity contribution < 1.29 is 22.7 Å². The summed E-state index contributed by atoms with van der Waals surface area (Å²) in [7, 11) is 1.31. The van der Waals surface area contributed by atoms with Crippen LogP contribution in [0.3, 0.4) is 0 Å².